The zero-order chi connectivity index (χ0) is 94.2. The quantitative estimate of drug-likeness (QED) is 0.0777. The smallest absolute Gasteiger partial charge is 0.333 e. The van der Waals surface area contributed by atoms with Gasteiger partial charge in [-0.15, -0.1) is 0 Å². The van der Waals surface area contributed by atoms with Gasteiger partial charge < -0.3 is 158 Å². The molecule has 6 saturated heterocycles. The molecule has 0 spiro atoms. The largest absolute Gasteiger partial charge is 0.481 e. The van der Waals surface area contributed by atoms with Crippen molar-refractivity contribution in [2.24, 2.45) is 35.5 Å². The standard InChI is InChI=1S/2C38H72N2O12.2C4H6O5.CH4/c2*1-15-27-38(10,46)31(42)24(6)40(13)19-20(2)17-36(8,45)33(52-35-29(41)26(39(11)12)16-21(3)48-35)22(4)30(23(5)34(44)50-27)51-28-18-37(9,47-14)32(43)25(7)49-28;2*5-2(4(8)9)1-3(6)7;/h2*20-33,35,41-43,45-46H,15-19H2,1-14H3;2*2,5H,1H2,(H,6,7)(H,8,9);1H4/t2*20-,21-,22+,23-,24-,25+,26+,27-,28+,29-,30+,31-,32+,33-,35+,36+,37-,38-;2-;;/m110../s1. The predicted octanol–water partition coefficient (Wildman–Crippen LogP) is 2.25. The minimum atomic E-state index is -1.80. The lowest BCUT2D eigenvalue weighted by molar-refractivity contribution is -0.318. The summed E-state index contributed by atoms with van der Waals surface area (Å²) in [6.45, 7) is 36.1. The fourth-order valence-electron chi connectivity index (χ4n) is 18.0. The van der Waals surface area contributed by atoms with E-state index in [-0.39, 0.29) is 82.1 Å². The Labute approximate surface area is 727 Å². The van der Waals surface area contributed by atoms with Gasteiger partial charge >= 0.3 is 35.8 Å². The van der Waals surface area contributed by atoms with Crippen LogP contribution in [0.5, 0.6) is 0 Å². The lowest BCUT2D eigenvalue weighted by Crippen LogP contribution is -2.60. The van der Waals surface area contributed by atoms with Crippen molar-refractivity contribution in [3.8, 4) is 0 Å². The van der Waals surface area contributed by atoms with Crippen LogP contribution in [0.4, 0.5) is 0 Å². The number of ether oxygens (including phenoxy) is 12. The molecule has 16 N–H and O–H groups in total. The number of carbonyl (C=O) groups excluding carboxylic acids is 2. The highest BCUT2D eigenvalue weighted by Gasteiger charge is 2.57. The van der Waals surface area contributed by atoms with Crippen LogP contribution in [0.25, 0.3) is 0 Å². The summed E-state index contributed by atoms with van der Waals surface area (Å²) >= 11 is 0. The van der Waals surface area contributed by atoms with E-state index in [1.165, 1.54) is 28.1 Å². The molecular formula is C85H160N4O34. The van der Waals surface area contributed by atoms with Crippen LogP contribution in [0.15, 0.2) is 0 Å². The Hall–Kier alpha value is -4.22. The highest BCUT2D eigenvalue weighted by atomic mass is 16.7. The van der Waals surface area contributed by atoms with E-state index in [0.717, 1.165) is 0 Å². The minimum absolute atomic E-state index is 0. The van der Waals surface area contributed by atoms with E-state index in [1.54, 1.807) is 83.1 Å². The molecule has 0 radical (unpaired) electrons. The fourth-order valence-corrected chi connectivity index (χ4v) is 18.0. The molecule has 38 nitrogen and oxygen atoms in total. The molecule has 6 fully saturated rings. The maximum atomic E-state index is 14.2. The summed E-state index contributed by atoms with van der Waals surface area (Å²) < 4.78 is 75.1. The first-order chi connectivity index (χ1) is 55.9. The van der Waals surface area contributed by atoms with E-state index in [1.807, 2.05) is 103 Å². The zero-order valence-electron chi connectivity index (χ0n) is 77.3. The Morgan fingerprint density at radius 1 is 0.480 bits per heavy atom. The molecule has 38 atom stereocenters. The molecule has 0 amide bonds. The van der Waals surface area contributed by atoms with Gasteiger partial charge in [0.1, 0.15) is 60.0 Å². The molecule has 0 aromatic carbocycles. The van der Waals surface area contributed by atoms with Crippen LogP contribution < -0.4 is 0 Å². The van der Waals surface area contributed by atoms with Gasteiger partial charge in [-0.2, -0.15) is 0 Å². The molecule has 0 aromatic heterocycles. The van der Waals surface area contributed by atoms with Gasteiger partial charge in [0.2, 0.25) is 0 Å². The molecule has 0 aromatic rings. The van der Waals surface area contributed by atoms with Crippen LogP contribution in [0.3, 0.4) is 0 Å². The second-order valence-corrected chi connectivity index (χ2v) is 37.2. The Kier molecular flexibility index (Phi) is 45.4. The SMILES string of the molecule is C.CC[C@H]1OC(=O)[C@H](C)[C@@H](O[C@H]2C[C@@](C)(OC)[C@@H](O)[C@H](C)O2)[C@H](C)[C@@H](O[C@@H]2O[C@H](C)C[C@H](N(C)C)[C@H]2O)[C@@](C)(O)C[C@@H](C)CN(C)[C@H](C)[C@@H](O)[C@]1(C)O.CC[C@H]1OC(=O)[C@H](C)[C@@H](O[C@H]2C[C@@](C)(OC)[C@@H](O)[C@H](C)O2)[C@H](C)[C@@H](O[C@@H]2O[C@H](C)C[C@H](N(C)C)[C@H]2O)[C@@](C)(O)C[C@@H](C)CN(C)[C@H](C)[C@@H](O)[C@]1(C)O.O=C(O)CC(O)C(=O)O.O=C(O)C[C@H](O)C(=O)O. The highest BCUT2D eigenvalue weighted by Crippen LogP contribution is 2.44. The van der Waals surface area contributed by atoms with Gasteiger partial charge in [-0.3, -0.25) is 19.2 Å². The van der Waals surface area contributed by atoms with Crippen molar-refractivity contribution in [2.75, 3.05) is 69.6 Å². The van der Waals surface area contributed by atoms with Crippen LogP contribution in [-0.4, -0.2) is 400 Å². The molecule has 6 aliphatic heterocycles. The normalized spacial score (nSPS) is 43.8. The Morgan fingerprint density at radius 2 is 0.772 bits per heavy atom. The number of esters is 2. The molecule has 0 bridgehead atoms. The van der Waals surface area contributed by atoms with Crippen molar-refractivity contribution >= 4 is 35.8 Å². The third-order valence-corrected chi connectivity index (χ3v) is 25.7. The van der Waals surface area contributed by atoms with E-state index in [2.05, 4.69) is 0 Å². The molecule has 6 heterocycles. The summed E-state index contributed by atoms with van der Waals surface area (Å²) in [5.41, 5.74) is -8.75. The maximum Gasteiger partial charge on any atom is 0.333 e. The van der Waals surface area contributed by atoms with E-state index in [0.29, 0.717) is 25.9 Å². The highest BCUT2D eigenvalue weighted by molar-refractivity contribution is 5.80. The molecule has 724 valence electrons. The van der Waals surface area contributed by atoms with Crippen LogP contribution in [0, 0.1) is 35.5 Å². The third kappa shape index (κ3) is 31.0. The Bertz CT molecular complexity index is 3010. The molecule has 38 heteroatoms. The van der Waals surface area contributed by atoms with Gasteiger partial charge in [-0.25, -0.2) is 9.59 Å². The molecule has 1 unspecified atom stereocenters. The second-order valence-electron chi connectivity index (χ2n) is 37.2. The third-order valence-electron chi connectivity index (χ3n) is 25.7. The fraction of sp³-hybridized carbons (Fsp3) is 0.929. The number of aliphatic hydroxyl groups is 12. The lowest BCUT2D eigenvalue weighted by atomic mass is 9.77. The van der Waals surface area contributed by atoms with Gasteiger partial charge in [0, 0.05) is 76.2 Å². The molecule has 0 aliphatic carbocycles. The molecule has 123 heavy (non-hydrogen) atoms. The number of likely N-dealkylation sites (N-methyl/N-ethyl adjacent to an activating group) is 4. The number of nitrogens with zero attached hydrogens (tertiary/aromatic N) is 4. The predicted molar refractivity (Wildman–Crippen MR) is 447 cm³/mol. The Morgan fingerprint density at radius 3 is 1.02 bits per heavy atom. The van der Waals surface area contributed by atoms with Crippen molar-refractivity contribution in [1.29, 1.82) is 0 Å². The number of aliphatic carboxylic acids is 4. The first kappa shape index (κ1) is 115. The number of methoxy groups -OCH3 is 2. The first-order valence-electron chi connectivity index (χ1n) is 42.6. The Balaban J connectivity index is 0.000000687. The summed E-state index contributed by atoms with van der Waals surface area (Å²) in [6.07, 6.45) is -21.5. The van der Waals surface area contributed by atoms with Crippen molar-refractivity contribution in [3.63, 3.8) is 0 Å². The van der Waals surface area contributed by atoms with Gasteiger partial charge in [0.05, 0.1) is 95.9 Å². The summed E-state index contributed by atoms with van der Waals surface area (Å²) in [5.74, 6) is -10.9. The average molecular weight is 1780 g/mol. The first-order valence-corrected chi connectivity index (χ1v) is 42.6. The summed E-state index contributed by atoms with van der Waals surface area (Å²) in [4.78, 5) is 74.9. The number of hydrogen-bond donors (Lipinski definition) is 16. The van der Waals surface area contributed by atoms with E-state index in [4.69, 9.17) is 87.5 Å². The van der Waals surface area contributed by atoms with E-state index >= 15 is 0 Å². The van der Waals surface area contributed by atoms with Gasteiger partial charge in [0.15, 0.2) is 37.4 Å². The van der Waals surface area contributed by atoms with Crippen LogP contribution in [0.2, 0.25) is 0 Å². The van der Waals surface area contributed by atoms with E-state index < -0.39 is 241 Å². The maximum absolute atomic E-state index is 14.2. The van der Waals surface area contributed by atoms with Crippen molar-refractivity contribution in [3.05, 3.63) is 0 Å². The van der Waals surface area contributed by atoms with Crippen molar-refractivity contribution in [1.82, 2.24) is 19.6 Å². The van der Waals surface area contributed by atoms with Gasteiger partial charge in [-0.1, -0.05) is 49.0 Å². The van der Waals surface area contributed by atoms with Gasteiger partial charge in [0.25, 0.3) is 0 Å². The average Bonchev–Trinajstić information content (AvgIpc) is 1.44. The summed E-state index contributed by atoms with van der Waals surface area (Å²) in [7, 11) is 14.2. The minimum Gasteiger partial charge on any atom is -0.481 e. The van der Waals surface area contributed by atoms with Crippen LogP contribution >= 0.6 is 0 Å². The molecule has 6 aliphatic rings. The number of carbonyl (C=O) groups is 6. The van der Waals surface area contributed by atoms with Crippen LogP contribution in [0.1, 0.15) is 210 Å². The molecule has 6 rings (SSSR count). The second kappa shape index (κ2) is 48.6. The monoisotopic (exact) mass is 1780 g/mol. The summed E-state index contributed by atoms with van der Waals surface area (Å²) in [5, 5.41) is 165. The number of cyclic esters (lactones) is 2. The van der Waals surface area contributed by atoms with Crippen LogP contribution in [-0.2, 0) is 85.6 Å². The van der Waals surface area contributed by atoms with Gasteiger partial charge in [-0.05, 0) is 190 Å². The van der Waals surface area contributed by atoms with Crippen molar-refractivity contribution in [2.45, 2.75) is 403 Å². The number of rotatable bonds is 20. The number of carboxylic acid groups (broad SMARTS) is 4. The zero-order valence-corrected chi connectivity index (χ0v) is 77.3. The molecular weight excluding hydrogens is 1620 g/mol. The molecule has 0 saturated carbocycles. The van der Waals surface area contributed by atoms with Crippen molar-refractivity contribution < 1.29 is 167 Å². The lowest BCUT2D eigenvalue weighted by Gasteiger charge is -2.48. The number of hydrogen-bond acceptors (Lipinski definition) is 34. The summed E-state index contributed by atoms with van der Waals surface area (Å²) in [6, 6.07) is -1.62. The number of aliphatic hydroxyl groups excluding tert-OH is 8. The number of carboxylic acids is 4. The van der Waals surface area contributed by atoms with E-state index in [9.17, 15) is 79.8 Å². The topological polar surface area (TPSA) is 550 Å².